The molecular weight excluding hydrogens is 817 g/mol. The van der Waals surface area contributed by atoms with E-state index in [9.17, 15) is 0 Å². The van der Waals surface area contributed by atoms with Gasteiger partial charge in [-0.3, -0.25) is 0 Å². The second kappa shape index (κ2) is 12.9. The molecule has 3 heteroatoms. The molecule has 0 spiro atoms. The summed E-state index contributed by atoms with van der Waals surface area (Å²) in [6.07, 6.45) is 0. The van der Waals surface area contributed by atoms with Crippen molar-refractivity contribution >= 4 is 119 Å². The van der Waals surface area contributed by atoms with Gasteiger partial charge < -0.3 is 13.6 Å². The van der Waals surface area contributed by atoms with Crippen molar-refractivity contribution in [3.8, 4) is 44.9 Å². The molecule has 0 unspecified atom stereocenters. The minimum absolute atomic E-state index is 0.831. The summed E-state index contributed by atoms with van der Waals surface area (Å²) in [7, 11) is 0. The molecule has 0 radical (unpaired) electrons. The summed E-state index contributed by atoms with van der Waals surface area (Å²) in [5.41, 5.74) is 10.1. The highest BCUT2D eigenvalue weighted by atomic mass is 16.5. The molecule has 0 fully saturated rings. The van der Waals surface area contributed by atoms with Crippen molar-refractivity contribution in [2.75, 3.05) is 0 Å². The Hall–Kier alpha value is -8.92. The van der Waals surface area contributed by atoms with Gasteiger partial charge in [-0.25, -0.2) is 0 Å². The quantitative estimate of drug-likeness (QED) is 0.163. The highest BCUT2D eigenvalue weighted by Crippen LogP contribution is 2.53. The van der Waals surface area contributed by atoms with Crippen LogP contribution in [0, 0.1) is 0 Å². The van der Waals surface area contributed by atoms with Crippen molar-refractivity contribution in [1.82, 2.24) is 0 Å². The Balaban J connectivity index is 0.925. The van der Waals surface area contributed by atoms with Crippen LogP contribution < -0.4 is 4.74 Å². The van der Waals surface area contributed by atoms with Crippen LogP contribution in [0.15, 0.2) is 215 Å². The van der Waals surface area contributed by atoms with Crippen LogP contribution in [0.4, 0.5) is 0 Å². The summed E-state index contributed by atoms with van der Waals surface area (Å²) in [4.78, 5) is 0. The van der Waals surface area contributed by atoms with Gasteiger partial charge in [0.2, 0.25) is 0 Å². The first-order valence-corrected chi connectivity index (χ1v) is 23.0. The Morgan fingerprint density at radius 1 is 0.239 bits per heavy atom. The first-order chi connectivity index (χ1) is 33.2. The molecule has 308 valence electrons. The highest BCUT2D eigenvalue weighted by molar-refractivity contribution is 6.29. The summed E-state index contributed by atoms with van der Waals surface area (Å²) < 4.78 is 20.9. The minimum atomic E-state index is 0.831. The number of fused-ring (bicyclic) bond motifs is 18. The van der Waals surface area contributed by atoms with E-state index in [-0.39, 0.29) is 0 Å². The zero-order valence-electron chi connectivity index (χ0n) is 35.9. The zero-order valence-corrected chi connectivity index (χ0v) is 35.9. The molecule has 0 bridgehead atoms. The van der Waals surface area contributed by atoms with E-state index in [0.717, 1.165) is 99.4 Å². The largest absolute Gasteiger partial charge is 0.456 e. The van der Waals surface area contributed by atoms with Crippen molar-refractivity contribution in [2.45, 2.75) is 0 Å². The monoisotopic (exact) mass is 850 g/mol. The summed E-state index contributed by atoms with van der Waals surface area (Å²) in [6.45, 7) is 0. The number of hydrogen-bond acceptors (Lipinski definition) is 3. The van der Waals surface area contributed by atoms with Gasteiger partial charge in [0.15, 0.2) is 0 Å². The van der Waals surface area contributed by atoms with Gasteiger partial charge in [0.05, 0.1) is 0 Å². The summed E-state index contributed by atoms with van der Waals surface area (Å²) in [6, 6.07) is 74.8. The molecule has 0 aliphatic carbocycles. The highest BCUT2D eigenvalue weighted by Gasteiger charge is 2.26. The van der Waals surface area contributed by atoms with Gasteiger partial charge >= 0.3 is 0 Å². The molecule has 15 aromatic rings. The van der Waals surface area contributed by atoms with E-state index in [1.807, 2.05) is 0 Å². The summed E-state index contributed by atoms with van der Waals surface area (Å²) >= 11 is 0. The molecule has 13 aromatic carbocycles. The molecule has 16 rings (SSSR count). The number of ether oxygens (including phenoxy) is 1. The lowest BCUT2D eigenvalue weighted by atomic mass is 9.85. The molecule has 67 heavy (non-hydrogen) atoms. The third-order valence-corrected chi connectivity index (χ3v) is 14.7. The summed E-state index contributed by atoms with van der Waals surface area (Å²) in [5.74, 6) is 1.68. The van der Waals surface area contributed by atoms with Crippen LogP contribution in [-0.2, 0) is 0 Å². The zero-order chi connectivity index (χ0) is 43.5. The van der Waals surface area contributed by atoms with Crippen LogP contribution in [-0.4, -0.2) is 0 Å². The van der Waals surface area contributed by atoms with Crippen LogP contribution in [0.5, 0.6) is 11.5 Å². The standard InChI is InChI=1S/C64H34O3/c1-3-14-37-30-58-54(26-35(37)12-1)61-42-18-7-5-16-39(42)28-48(63(61)66-58)41-24-25-46-52-34-49-44-20-9-10-21-45(44)50(33-51(49)47-22-11-23-56(60(47)52)65-57(46)32-41)53-29-40-17-6-8-19-43(40)62-55-27-36-13-2-4-15-38(36)31-59(55)67-64(53)62/h1-34H. The van der Waals surface area contributed by atoms with E-state index < -0.39 is 0 Å². The topological polar surface area (TPSA) is 35.5 Å². The lowest BCUT2D eigenvalue weighted by Crippen LogP contribution is -1.98. The van der Waals surface area contributed by atoms with Gasteiger partial charge in [0.1, 0.15) is 33.8 Å². The maximum absolute atomic E-state index is 7.00. The molecule has 0 amide bonds. The van der Waals surface area contributed by atoms with E-state index >= 15 is 0 Å². The fourth-order valence-electron chi connectivity index (χ4n) is 11.7. The van der Waals surface area contributed by atoms with Crippen LogP contribution in [0.25, 0.3) is 153 Å². The lowest BCUT2D eigenvalue weighted by Gasteiger charge is -2.24. The Kier molecular flexibility index (Phi) is 6.81. The first-order valence-electron chi connectivity index (χ1n) is 23.0. The van der Waals surface area contributed by atoms with Gasteiger partial charge in [0.25, 0.3) is 0 Å². The van der Waals surface area contributed by atoms with E-state index in [1.54, 1.807) is 0 Å². The number of rotatable bonds is 2. The van der Waals surface area contributed by atoms with Crippen LogP contribution in [0.2, 0.25) is 0 Å². The third-order valence-electron chi connectivity index (χ3n) is 14.7. The maximum atomic E-state index is 7.00. The van der Waals surface area contributed by atoms with E-state index in [1.165, 1.54) is 64.8 Å². The number of furan rings is 2. The van der Waals surface area contributed by atoms with Crippen LogP contribution in [0.1, 0.15) is 0 Å². The number of benzene rings is 13. The SMILES string of the molecule is c1ccc2cc3c(cc2c1)oc1c(-c2ccc4c(c2)Oc2cccc5c2c-4cc2c4ccccc4c(-c4cc6ccccc6c6c4oc4cc7ccccc7cc46)cc52)cc2ccccc2c13. The second-order valence-electron chi connectivity index (χ2n) is 18.3. The molecule has 3 heterocycles. The van der Waals surface area contributed by atoms with Crippen molar-refractivity contribution in [1.29, 1.82) is 0 Å². The fraction of sp³-hybridized carbons (Fsp3) is 0. The number of hydrogen-bond donors (Lipinski definition) is 0. The average Bonchev–Trinajstić information content (AvgIpc) is 3.95. The summed E-state index contributed by atoms with van der Waals surface area (Å²) in [5, 5.41) is 21.1. The Bertz CT molecular complexity index is 4720. The first kappa shape index (κ1) is 35.4. The molecule has 0 atom stereocenters. The Morgan fingerprint density at radius 2 is 0.746 bits per heavy atom. The van der Waals surface area contributed by atoms with Crippen molar-refractivity contribution < 1.29 is 13.6 Å². The fourth-order valence-corrected chi connectivity index (χ4v) is 11.7. The minimum Gasteiger partial charge on any atom is -0.456 e. The average molecular weight is 851 g/mol. The maximum Gasteiger partial charge on any atom is 0.143 e. The van der Waals surface area contributed by atoms with Gasteiger partial charge in [0, 0.05) is 43.6 Å². The molecule has 0 saturated heterocycles. The molecule has 0 N–H and O–H groups in total. The van der Waals surface area contributed by atoms with Gasteiger partial charge in [-0.1, -0.05) is 140 Å². The Morgan fingerprint density at radius 3 is 1.40 bits per heavy atom. The van der Waals surface area contributed by atoms with Crippen molar-refractivity contribution in [3.63, 3.8) is 0 Å². The molecule has 1 aliphatic heterocycles. The molecule has 3 nitrogen and oxygen atoms in total. The molecule has 2 aromatic heterocycles. The lowest BCUT2D eigenvalue weighted by molar-refractivity contribution is 0.487. The van der Waals surface area contributed by atoms with E-state index in [0.29, 0.717) is 0 Å². The third kappa shape index (κ3) is 4.84. The predicted molar refractivity (Wildman–Crippen MR) is 280 cm³/mol. The predicted octanol–water partition coefficient (Wildman–Crippen LogP) is 18.7. The van der Waals surface area contributed by atoms with Crippen LogP contribution >= 0.6 is 0 Å². The molecule has 1 aliphatic rings. The smallest absolute Gasteiger partial charge is 0.143 e. The van der Waals surface area contributed by atoms with Crippen molar-refractivity contribution in [2.24, 2.45) is 0 Å². The molecule has 0 saturated carbocycles. The van der Waals surface area contributed by atoms with E-state index in [4.69, 9.17) is 13.6 Å². The Labute approximate surface area is 382 Å². The van der Waals surface area contributed by atoms with Gasteiger partial charge in [-0.05, 0) is 153 Å². The molecular formula is C64H34O3. The van der Waals surface area contributed by atoms with Crippen molar-refractivity contribution in [3.05, 3.63) is 206 Å². The second-order valence-corrected chi connectivity index (χ2v) is 18.3. The van der Waals surface area contributed by atoms with E-state index in [2.05, 4.69) is 206 Å². The van der Waals surface area contributed by atoms with Gasteiger partial charge in [-0.15, -0.1) is 0 Å². The normalized spacial score (nSPS) is 12.6. The van der Waals surface area contributed by atoms with Gasteiger partial charge in [-0.2, -0.15) is 0 Å². The van der Waals surface area contributed by atoms with Crippen LogP contribution in [0.3, 0.4) is 0 Å².